The van der Waals surface area contributed by atoms with E-state index in [9.17, 15) is 9.00 Å². The molecule has 0 N–H and O–H groups in total. The number of hydrogen-bond acceptors (Lipinski definition) is 4. The van der Waals surface area contributed by atoms with E-state index in [0.717, 1.165) is 11.3 Å². The zero-order valence-corrected chi connectivity index (χ0v) is 12.4. The fourth-order valence-electron chi connectivity index (χ4n) is 4.15. The van der Waals surface area contributed by atoms with Crippen LogP contribution in [0.15, 0.2) is 47.4 Å². The van der Waals surface area contributed by atoms with Gasteiger partial charge in [0.25, 0.3) is 0 Å². The third kappa shape index (κ3) is 1.53. The van der Waals surface area contributed by atoms with Crippen LogP contribution in [0.3, 0.4) is 0 Å². The zero-order valence-electron chi connectivity index (χ0n) is 11.6. The highest BCUT2D eigenvalue weighted by molar-refractivity contribution is 7.86. The van der Waals surface area contributed by atoms with Gasteiger partial charge in [0.15, 0.2) is 0 Å². The number of esters is 1. The summed E-state index contributed by atoms with van der Waals surface area (Å²) in [5.41, 5.74) is 0. The lowest BCUT2D eigenvalue weighted by molar-refractivity contribution is -0.162. The van der Waals surface area contributed by atoms with E-state index in [1.807, 2.05) is 30.3 Å². The van der Waals surface area contributed by atoms with Gasteiger partial charge in [-0.3, -0.25) is 9.00 Å². The van der Waals surface area contributed by atoms with Crippen molar-refractivity contribution in [3.05, 3.63) is 42.5 Å². The second-order valence-corrected chi connectivity index (χ2v) is 7.52. The molecule has 4 nitrogen and oxygen atoms in total. The molecule has 0 amide bonds. The van der Waals surface area contributed by atoms with Crippen molar-refractivity contribution < 1.29 is 18.5 Å². The van der Waals surface area contributed by atoms with Gasteiger partial charge in [0, 0.05) is 17.9 Å². The Morgan fingerprint density at radius 2 is 2.05 bits per heavy atom. The second kappa shape index (κ2) is 4.52. The Balaban J connectivity index is 1.87. The molecule has 2 bridgehead atoms. The van der Waals surface area contributed by atoms with Crippen LogP contribution in [-0.4, -0.2) is 28.3 Å². The third-order valence-corrected chi connectivity index (χ3v) is 7.04. The first-order valence-corrected chi connectivity index (χ1v) is 8.23. The Bertz CT molecular complexity index is 641. The summed E-state index contributed by atoms with van der Waals surface area (Å²) in [6, 6.07) is 9.30. The van der Waals surface area contributed by atoms with Crippen molar-refractivity contribution in [2.24, 2.45) is 17.8 Å². The maximum atomic E-state index is 13.3. The van der Waals surface area contributed by atoms with E-state index >= 15 is 0 Å². The fraction of sp³-hybridized carbons (Fsp3) is 0.438. The molecule has 4 rings (SSSR count). The van der Waals surface area contributed by atoms with Gasteiger partial charge in [-0.25, -0.2) is 0 Å². The molecule has 1 unspecified atom stereocenters. The Hall–Kier alpha value is -1.46. The SMILES string of the molecule is CO[C@H]1OC(=O)[C@@H]2[C@@H]3C=C[C@@H](C3)[C@]12S(=O)c1ccccc1. The minimum atomic E-state index is -1.36. The molecule has 110 valence electrons. The first-order valence-electron chi connectivity index (χ1n) is 7.08. The highest BCUT2D eigenvalue weighted by atomic mass is 32.2. The van der Waals surface area contributed by atoms with E-state index in [1.165, 1.54) is 7.11 Å². The van der Waals surface area contributed by atoms with Crippen molar-refractivity contribution >= 4 is 16.8 Å². The van der Waals surface area contributed by atoms with E-state index in [1.54, 1.807) is 0 Å². The quantitative estimate of drug-likeness (QED) is 0.632. The molecule has 1 heterocycles. The first-order chi connectivity index (χ1) is 10.2. The highest BCUT2D eigenvalue weighted by Gasteiger charge is 2.72. The summed E-state index contributed by atoms with van der Waals surface area (Å²) < 4.78 is 23.4. The highest BCUT2D eigenvalue weighted by Crippen LogP contribution is 2.60. The maximum absolute atomic E-state index is 13.3. The van der Waals surface area contributed by atoms with Gasteiger partial charge in [-0.15, -0.1) is 0 Å². The summed E-state index contributed by atoms with van der Waals surface area (Å²) >= 11 is 0. The molecule has 3 aliphatic rings. The van der Waals surface area contributed by atoms with Crippen LogP contribution in [-0.2, 0) is 25.1 Å². The largest absolute Gasteiger partial charge is 0.434 e. The molecule has 0 radical (unpaired) electrons. The summed E-state index contributed by atoms with van der Waals surface area (Å²) in [7, 11) is 0.157. The Kier molecular flexibility index (Phi) is 2.84. The Labute approximate surface area is 125 Å². The number of carbonyl (C=O) groups is 1. The smallest absolute Gasteiger partial charge is 0.313 e. The maximum Gasteiger partial charge on any atom is 0.313 e. The molecule has 2 fully saturated rings. The topological polar surface area (TPSA) is 52.6 Å². The molecule has 1 saturated heterocycles. The van der Waals surface area contributed by atoms with Gasteiger partial charge in [-0.05, 0) is 24.5 Å². The summed E-state index contributed by atoms with van der Waals surface area (Å²) in [5.74, 6) is -0.457. The summed E-state index contributed by atoms with van der Waals surface area (Å²) in [6.45, 7) is 0. The number of fused-ring (bicyclic) bond motifs is 5. The average molecular weight is 304 g/mol. The number of benzene rings is 1. The van der Waals surface area contributed by atoms with E-state index in [0.29, 0.717) is 0 Å². The van der Waals surface area contributed by atoms with E-state index < -0.39 is 21.8 Å². The lowest BCUT2D eigenvalue weighted by atomic mass is 9.83. The van der Waals surface area contributed by atoms with Crippen molar-refractivity contribution in [3.8, 4) is 0 Å². The minimum absolute atomic E-state index is 0.0601. The number of methoxy groups -OCH3 is 1. The number of ether oxygens (including phenoxy) is 2. The van der Waals surface area contributed by atoms with Gasteiger partial charge in [0.2, 0.25) is 6.29 Å². The fourth-order valence-corrected chi connectivity index (χ4v) is 6.23. The van der Waals surface area contributed by atoms with Crippen LogP contribution in [0, 0.1) is 17.8 Å². The molecule has 0 spiro atoms. The average Bonchev–Trinajstić information content (AvgIpc) is 3.19. The van der Waals surface area contributed by atoms with E-state index in [2.05, 4.69) is 12.2 Å². The zero-order chi connectivity index (χ0) is 14.6. The Morgan fingerprint density at radius 3 is 2.76 bits per heavy atom. The van der Waals surface area contributed by atoms with Crippen LogP contribution in [0.4, 0.5) is 0 Å². The van der Waals surface area contributed by atoms with E-state index in [4.69, 9.17) is 9.47 Å². The number of cyclic esters (lactones) is 1. The van der Waals surface area contributed by atoms with Crippen molar-refractivity contribution in [3.63, 3.8) is 0 Å². The molecule has 1 saturated carbocycles. The molecule has 2 aliphatic carbocycles. The van der Waals surface area contributed by atoms with Gasteiger partial charge in [-0.1, -0.05) is 30.4 Å². The molecule has 6 atom stereocenters. The normalized spacial score (nSPS) is 41.1. The summed E-state index contributed by atoms with van der Waals surface area (Å²) in [6.07, 6.45) is 4.26. The van der Waals surface area contributed by atoms with Crippen LogP contribution in [0.2, 0.25) is 0 Å². The first kappa shape index (κ1) is 13.2. The van der Waals surface area contributed by atoms with Crippen molar-refractivity contribution in [1.82, 2.24) is 0 Å². The van der Waals surface area contributed by atoms with Crippen LogP contribution < -0.4 is 0 Å². The molecule has 21 heavy (non-hydrogen) atoms. The molecule has 1 aromatic rings. The molecular formula is C16H16O4S. The van der Waals surface area contributed by atoms with Crippen LogP contribution >= 0.6 is 0 Å². The van der Waals surface area contributed by atoms with Gasteiger partial charge in [0.1, 0.15) is 4.75 Å². The molecule has 0 aromatic heterocycles. The molecule has 1 aliphatic heterocycles. The van der Waals surface area contributed by atoms with E-state index in [-0.39, 0.29) is 23.7 Å². The van der Waals surface area contributed by atoms with Crippen LogP contribution in [0.5, 0.6) is 0 Å². The van der Waals surface area contributed by atoms with Crippen molar-refractivity contribution in [2.75, 3.05) is 7.11 Å². The number of rotatable bonds is 3. The number of carbonyl (C=O) groups excluding carboxylic acids is 1. The third-order valence-electron chi connectivity index (χ3n) is 4.95. The monoisotopic (exact) mass is 304 g/mol. The predicted octanol–water partition coefficient (Wildman–Crippen LogP) is 1.88. The lowest BCUT2D eigenvalue weighted by Gasteiger charge is -2.36. The molecular weight excluding hydrogens is 288 g/mol. The molecule has 1 aromatic carbocycles. The number of hydrogen-bond donors (Lipinski definition) is 0. The van der Waals surface area contributed by atoms with Gasteiger partial charge < -0.3 is 9.47 Å². The standard InChI is InChI=1S/C16H16O4S/c1-19-15-16(21(18)12-5-3-2-4-6-12)11-8-7-10(9-11)13(16)14(17)20-15/h2-8,10-11,13,15H,9H2,1H3/t10-,11+,13+,15+,16-,21?/m1/s1. The van der Waals surface area contributed by atoms with Gasteiger partial charge >= 0.3 is 5.97 Å². The number of allylic oxidation sites excluding steroid dienone is 2. The second-order valence-electron chi connectivity index (χ2n) is 5.81. The lowest BCUT2D eigenvalue weighted by Crippen LogP contribution is -2.52. The van der Waals surface area contributed by atoms with Crippen LogP contribution in [0.25, 0.3) is 0 Å². The summed E-state index contributed by atoms with van der Waals surface area (Å²) in [4.78, 5) is 13.0. The van der Waals surface area contributed by atoms with Crippen LogP contribution in [0.1, 0.15) is 6.42 Å². The predicted molar refractivity (Wildman–Crippen MR) is 76.7 cm³/mol. The minimum Gasteiger partial charge on any atom is -0.434 e. The molecule has 5 heteroatoms. The van der Waals surface area contributed by atoms with Crippen molar-refractivity contribution in [1.29, 1.82) is 0 Å². The summed E-state index contributed by atoms with van der Waals surface area (Å²) in [5, 5.41) is 0. The Morgan fingerprint density at radius 1 is 1.29 bits per heavy atom. The van der Waals surface area contributed by atoms with Gasteiger partial charge in [0.05, 0.1) is 16.7 Å². The van der Waals surface area contributed by atoms with Gasteiger partial charge in [-0.2, -0.15) is 0 Å². The van der Waals surface area contributed by atoms with Crippen molar-refractivity contribution in [2.45, 2.75) is 22.4 Å².